The van der Waals surface area contributed by atoms with Gasteiger partial charge < -0.3 is 5.32 Å². The fourth-order valence-corrected chi connectivity index (χ4v) is 6.07. The second kappa shape index (κ2) is 11.4. The van der Waals surface area contributed by atoms with E-state index in [1.54, 1.807) is 4.31 Å². The number of benzene rings is 3. The van der Waals surface area contributed by atoms with Crippen molar-refractivity contribution in [2.75, 3.05) is 18.8 Å². The molecule has 0 spiro atoms. The van der Waals surface area contributed by atoms with E-state index in [0.717, 1.165) is 23.1 Å². The topological polar surface area (TPSA) is 66.5 Å². The van der Waals surface area contributed by atoms with Crippen LogP contribution in [0.2, 0.25) is 0 Å². The number of aryl methyl sites for hydroxylation is 1. The lowest BCUT2D eigenvalue weighted by atomic mass is 9.94. The van der Waals surface area contributed by atoms with Crippen LogP contribution >= 0.6 is 0 Å². The van der Waals surface area contributed by atoms with Crippen LogP contribution in [0.5, 0.6) is 0 Å². The van der Waals surface area contributed by atoms with Crippen LogP contribution in [0.1, 0.15) is 42.0 Å². The Hall–Kier alpha value is -2.96. The van der Waals surface area contributed by atoms with Gasteiger partial charge in [-0.1, -0.05) is 91.0 Å². The number of carbonyl (C=O) groups excluding carboxylic acids is 1. The van der Waals surface area contributed by atoms with E-state index in [1.165, 1.54) is 0 Å². The second-order valence-corrected chi connectivity index (χ2v) is 10.9. The Balaban J connectivity index is 1.32. The van der Waals surface area contributed by atoms with Gasteiger partial charge in [0.1, 0.15) is 0 Å². The van der Waals surface area contributed by atoms with E-state index in [-0.39, 0.29) is 23.6 Å². The SMILES string of the molecule is O=C(NC(c1ccccc1)c1ccccc1)C1CCN(S(=O)(=O)CCCc2ccccc2)CC1. The lowest BCUT2D eigenvalue weighted by Gasteiger charge is -2.31. The molecule has 0 aromatic heterocycles. The summed E-state index contributed by atoms with van der Waals surface area (Å²) in [6, 6.07) is 29.6. The van der Waals surface area contributed by atoms with Gasteiger partial charge in [0.2, 0.25) is 15.9 Å². The molecular formula is C28H32N2O3S. The number of hydrogen-bond donors (Lipinski definition) is 1. The Kier molecular flexibility index (Phi) is 8.14. The van der Waals surface area contributed by atoms with Crippen LogP contribution in [0.3, 0.4) is 0 Å². The summed E-state index contributed by atoms with van der Waals surface area (Å²) in [5.41, 5.74) is 3.21. The summed E-state index contributed by atoms with van der Waals surface area (Å²) in [4.78, 5) is 13.2. The van der Waals surface area contributed by atoms with Crippen LogP contribution in [0, 0.1) is 5.92 Å². The molecular weight excluding hydrogens is 444 g/mol. The Bertz CT molecular complexity index is 1100. The Morgan fingerprint density at radius 2 is 1.32 bits per heavy atom. The van der Waals surface area contributed by atoms with Crippen molar-refractivity contribution in [2.45, 2.75) is 31.7 Å². The number of hydrogen-bond acceptors (Lipinski definition) is 3. The van der Waals surface area contributed by atoms with Crippen molar-refractivity contribution < 1.29 is 13.2 Å². The molecule has 34 heavy (non-hydrogen) atoms. The molecule has 0 unspecified atom stereocenters. The van der Waals surface area contributed by atoms with Gasteiger partial charge in [0.05, 0.1) is 11.8 Å². The molecule has 1 N–H and O–H groups in total. The second-order valence-electron chi connectivity index (χ2n) is 8.84. The third kappa shape index (κ3) is 6.33. The molecule has 1 saturated heterocycles. The van der Waals surface area contributed by atoms with Crippen molar-refractivity contribution in [1.29, 1.82) is 0 Å². The zero-order chi connectivity index (χ0) is 23.8. The van der Waals surface area contributed by atoms with Gasteiger partial charge in [-0.25, -0.2) is 12.7 Å². The molecule has 1 fully saturated rings. The Morgan fingerprint density at radius 1 is 0.824 bits per heavy atom. The minimum absolute atomic E-state index is 0.0150. The Morgan fingerprint density at radius 3 is 1.85 bits per heavy atom. The first-order chi connectivity index (χ1) is 16.5. The van der Waals surface area contributed by atoms with E-state index in [1.807, 2.05) is 91.0 Å². The van der Waals surface area contributed by atoms with Crippen LogP contribution in [-0.4, -0.2) is 37.5 Å². The third-order valence-corrected chi connectivity index (χ3v) is 8.44. The number of nitrogens with zero attached hydrogens (tertiary/aromatic N) is 1. The molecule has 0 atom stereocenters. The van der Waals surface area contributed by atoms with E-state index in [4.69, 9.17) is 0 Å². The van der Waals surface area contributed by atoms with Gasteiger partial charge in [-0.3, -0.25) is 4.79 Å². The summed E-state index contributed by atoms with van der Waals surface area (Å²) >= 11 is 0. The molecule has 1 aliphatic rings. The van der Waals surface area contributed by atoms with Crippen LogP contribution in [0.15, 0.2) is 91.0 Å². The molecule has 178 valence electrons. The maximum Gasteiger partial charge on any atom is 0.223 e. The molecule has 5 nitrogen and oxygen atoms in total. The molecule has 1 aliphatic heterocycles. The van der Waals surface area contributed by atoms with E-state index < -0.39 is 10.0 Å². The first-order valence-electron chi connectivity index (χ1n) is 11.9. The highest BCUT2D eigenvalue weighted by Gasteiger charge is 2.32. The summed E-state index contributed by atoms with van der Waals surface area (Å²) in [5.74, 6) is -0.0624. The fraction of sp³-hybridized carbons (Fsp3) is 0.321. The zero-order valence-corrected chi connectivity index (χ0v) is 20.2. The average Bonchev–Trinajstić information content (AvgIpc) is 2.89. The maximum absolute atomic E-state index is 13.2. The molecule has 6 heteroatoms. The molecule has 3 aromatic rings. The third-order valence-electron chi connectivity index (χ3n) is 6.48. The number of rotatable bonds is 9. The number of sulfonamides is 1. The summed E-state index contributed by atoms with van der Waals surface area (Å²) in [6.07, 6.45) is 2.43. The van der Waals surface area contributed by atoms with Gasteiger partial charge in [0.25, 0.3) is 0 Å². The van der Waals surface area contributed by atoms with Crippen LogP contribution < -0.4 is 5.32 Å². The predicted molar refractivity (Wildman–Crippen MR) is 136 cm³/mol. The van der Waals surface area contributed by atoms with Crippen molar-refractivity contribution in [3.63, 3.8) is 0 Å². The van der Waals surface area contributed by atoms with E-state index in [9.17, 15) is 13.2 Å². The first-order valence-corrected chi connectivity index (χ1v) is 13.6. The smallest absolute Gasteiger partial charge is 0.223 e. The minimum Gasteiger partial charge on any atom is -0.345 e. The molecule has 3 aromatic carbocycles. The van der Waals surface area contributed by atoms with Gasteiger partial charge in [0, 0.05) is 19.0 Å². The lowest BCUT2D eigenvalue weighted by Crippen LogP contribution is -2.44. The average molecular weight is 477 g/mol. The molecule has 4 rings (SSSR count). The van der Waals surface area contributed by atoms with Crippen molar-refractivity contribution in [1.82, 2.24) is 9.62 Å². The standard InChI is InChI=1S/C28H32N2O3S/c31-28(29-27(24-14-6-2-7-15-24)25-16-8-3-9-17-25)26-18-20-30(21-19-26)34(32,33)22-10-13-23-11-4-1-5-12-23/h1-9,11-12,14-17,26-27H,10,13,18-22H2,(H,29,31). The van der Waals surface area contributed by atoms with Crippen LogP contribution in [-0.2, 0) is 21.2 Å². The number of carbonyl (C=O) groups is 1. The molecule has 0 bridgehead atoms. The quantitative estimate of drug-likeness (QED) is 0.492. The normalized spacial score (nSPS) is 15.3. The van der Waals surface area contributed by atoms with E-state index in [2.05, 4.69) is 5.32 Å². The van der Waals surface area contributed by atoms with Crippen LogP contribution in [0.25, 0.3) is 0 Å². The summed E-state index contributed by atoms with van der Waals surface area (Å²) < 4.78 is 27.2. The Labute approximate surface area is 202 Å². The lowest BCUT2D eigenvalue weighted by molar-refractivity contribution is -0.126. The number of piperidine rings is 1. The largest absolute Gasteiger partial charge is 0.345 e. The highest BCUT2D eigenvalue weighted by molar-refractivity contribution is 7.89. The van der Waals surface area contributed by atoms with Crippen molar-refractivity contribution in [3.05, 3.63) is 108 Å². The van der Waals surface area contributed by atoms with Crippen molar-refractivity contribution in [2.24, 2.45) is 5.92 Å². The first kappa shape index (κ1) is 24.2. The minimum atomic E-state index is -3.31. The molecule has 1 heterocycles. The maximum atomic E-state index is 13.2. The van der Waals surface area contributed by atoms with Gasteiger partial charge in [-0.15, -0.1) is 0 Å². The van der Waals surface area contributed by atoms with Crippen molar-refractivity contribution in [3.8, 4) is 0 Å². The fourth-order valence-electron chi connectivity index (χ4n) is 4.54. The van der Waals surface area contributed by atoms with E-state index in [0.29, 0.717) is 32.4 Å². The molecule has 1 amide bonds. The van der Waals surface area contributed by atoms with E-state index >= 15 is 0 Å². The van der Waals surface area contributed by atoms with Gasteiger partial charge in [-0.05, 0) is 42.4 Å². The predicted octanol–water partition coefficient (Wildman–Crippen LogP) is 4.57. The summed E-state index contributed by atoms with van der Waals surface area (Å²) in [5, 5.41) is 3.22. The number of nitrogens with one attached hydrogen (secondary N) is 1. The number of amides is 1. The van der Waals surface area contributed by atoms with Crippen molar-refractivity contribution >= 4 is 15.9 Å². The van der Waals surface area contributed by atoms with Gasteiger partial charge in [-0.2, -0.15) is 0 Å². The molecule has 0 aliphatic carbocycles. The highest BCUT2D eigenvalue weighted by Crippen LogP contribution is 2.25. The van der Waals surface area contributed by atoms with Gasteiger partial charge >= 0.3 is 0 Å². The summed E-state index contributed by atoms with van der Waals surface area (Å²) in [6.45, 7) is 0.792. The monoisotopic (exact) mass is 476 g/mol. The van der Waals surface area contributed by atoms with Gasteiger partial charge in [0.15, 0.2) is 0 Å². The molecule has 0 radical (unpaired) electrons. The highest BCUT2D eigenvalue weighted by atomic mass is 32.2. The summed E-state index contributed by atoms with van der Waals surface area (Å²) in [7, 11) is -3.31. The molecule has 0 saturated carbocycles. The van der Waals surface area contributed by atoms with Crippen LogP contribution in [0.4, 0.5) is 0 Å². The zero-order valence-electron chi connectivity index (χ0n) is 19.3.